The smallest absolute Gasteiger partial charge is 0.0386 e. The summed E-state index contributed by atoms with van der Waals surface area (Å²) in [5.74, 6) is 3.13. The minimum Gasteiger partial charge on any atom is -0.0654 e. The van der Waals surface area contributed by atoms with Crippen LogP contribution < -0.4 is 0 Å². The zero-order chi connectivity index (χ0) is 10.4. The van der Waals surface area contributed by atoms with Crippen LogP contribution in [0.4, 0.5) is 0 Å². The van der Waals surface area contributed by atoms with E-state index in [1.807, 2.05) is 0 Å². The first kappa shape index (κ1) is 12.1. The highest BCUT2D eigenvalue weighted by Crippen LogP contribution is 2.36. The largest absolute Gasteiger partial charge is 0.0654 e. The zero-order valence-corrected chi connectivity index (χ0v) is 10.4. The predicted molar refractivity (Wildman–Crippen MR) is 64.4 cm³/mol. The Kier molecular flexibility index (Phi) is 5.59. The Morgan fingerprint density at radius 2 is 1.71 bits per heavy atom. The molecule has 1 saturated carbocycles. The Balaban J connectivity index is 2.29. The van der Waals surface area contributed by atoms with Crippen LogP contribution in [-0.4, -0.2) is 0 Å². The van der Waals surface area contributed by atoms with Crippen LogP contribution in [0.1, 0.15) is 72.1 Å². The third kappa shape index (κ3) is 3.63. The molecule has 0 amide bonds. The Bertz CT molecular complexity index is 128. The average molecular weight is 196 g/mol. The van der Waals surface area contributed by atoms with Crippen molar-refractivity contribution in [3.63, 3.8) is 0 Å². The van der Waals surface area contributed by atoms with E-state index in [0.717, 1.165) is 17.8 Å². The summed E-state index contributed by atoms with van der Waals surface area (Å²) in [5, 5.41) is 0. The van der Waals surface area contributed by atoms with Gasteiger partial charge in [0.25, 0.3) is 0 Å². The molecule has 0 aliphatic heterocycles. The number of rotatable bonds is 5. The highest BCUT2D eigenvalue weighted by Gasteiger charge is 2.24. The SMILES string of the molecule is CCCC[C@@H](CC)C1CCC(C)CC1. The maximum Gasteiger partial charge on any atom is -0.0386 e. The minimum absolute atomic E-state index is 1.01. The van der Waals surface area contributed by atoms with E-state index in [0.29, 0.717) is 0 Å². The molecular weight excluding hydrogens is 168 g/mol. The fourth-order valence-electron chi connectivity index (χ4n) is 3.00. The number of hydrogen-bond acceptors (Lipinski definition) is 0. The van der Waals surface area contributed by atoms with E-state index >= 15 is 0 Å². The summed E-state index contributed by atoms with van der Waals surface area (Å²) >= 11 is 0. The molecule has 1 rings (SSSR count). The van der Waals surface area contributed by atoms with Crippen LogP contribution in [0.3, 0.4) is 0 Å². The highest BCUT2D eigenvalue weighted by molar-refractivity contribution is 4.75. The van der Waals surface area contributed by atoms with Gasteiger partial charge in [-0.1, -0.05) is 59.3 Å². The van der Waals surface area contributed by atoms with Crippen LogP contribution in [0.2, 0.25) is 0 Å². The third-order valence-electron chi connectivity index (χ3n) is 4.18. The minimum atomic E-state index is 1.01. The lowest BCUT2D eigenvalue weighted by Crippen LogP contribution is -2.20. The first-order chi connectivity index (χ1) is 6.77. The molecular formula is C14H28. The topological polar surface area (TPSA) is 0 Å². The van der Waals surface area contributed by atoms with Crippen LogP contribution in [0.25, 0.3) is 0 Å². The summed E-state index contributed by atoms with van der Waals surface area (Å²) in [5.41, 5.74) is 0. The van der Waals surface area contributed by atoms with Crippen molar-refractivity contribution in [3.8, 4) is 0 Å². The summed E-state index contributed by atoms with van der Waals surface area (Å²) in [7, 11) is 0. The van der Waals surface area contributed by atoms with Crippen molar-refractivity contribution in [2.45, 2.75) is 72.1 Å². The second kappa shape index (κ2) is 6.48. The van der Waals surface area contributed by atoms with Gasteiger partial charge in [-0.2, -0.15) is 0 Å². The Morgan fingerprint density at radius 1 is 1.07 bits per heavy atom. The molecule has 0 saturated heterocycles. The Hall–Kier alpha value is 0. The predicted octanol–water partition coefficient (Wildman–Crippen LogP) is 5.03. The van der Waals surface area contributed by atoms with Crippen LogP contribution in [-0.2, 0) is 0 Å². The third-order valence-corrected chi connectivity index (χ3v) is 4.18. The van der Waals surface area contributed by atoms with Crippen LogP contribution >= 0.6 is 0 Å². The monoisotopic (exact) mass is 196 g/mol. The highest BCUT2D eigenvalue weighted by atomic mass is 14.3. The quantitative estimate of drug-likeness (QED) is 0.578. The maximum atomic E-state index is 2.42. The standard InChI is InChI=1S/C14H28/c1-4-6-7-13(5-2)14-10-8-12(3)9-11-14/h12-14H,4-11H2,1-3H3/t12?,13-,14?/m1/s1. The van der Waals surface area contributed by atoms with Crippen molar-refractivity contribution in [3.05, 3.63) is 0 Å². The summed E-state index contributed by atoms with van der Waals surface area (Å²) in [6.07, 6.45) is 11.8. The van der Waals surface area contributed by atoms with Gasteiger partial charge in [-0.15, -0.1) is 0 Å². The molecule has 1 aliphatic rings. The number of hydrogen-bond donors (Lipinski definition) is 0. The van der Waals surface area contributed by atoms with Crippen molar-refractivity contribution in [1.29, 1.82) is 0 Å². The van der Waals surface area contributed by atoms with Gasteiger partial charge in [-0.25, -0.2) is 0 Å². The van der Waals surface area contributed by atoms with E-state index in [-0.39, 0.29) is 0 Å². The molecule has 0 bridgehead atoms. The molecule has 0 heteroatoms. The van der Waals surface area contributed by atoms with Crippen molar-refractivity contribution in [2.24, 2.45) is 17.8 Å². The van der Waals surface area contributed by atoms with Crippen molar-refractivity contribution < 1.29 is 0 Å². The van der Waals surface area contributed by atoms with E-state index in [9.17, 15) is 0 Å². The zero-order valence-electron chi connectivity index (χ0n) is 10.4. The molecule has 0 aromatic rings. The summed E-state index contributed by atoms with van der Waals surface area (Å²) in [6, 6.07) is 0. The number of unbranched alkanes of at least 4 members (excludes halogenated alkanes) is 1. The first-order valence-corrected chi connectivity index (χ1v) is 6.77. The van der Waals surface area contributed by atoms with Gasteiger partial charge in [0.2, 0.25) is 0 Å². The summed E-state index contributed by atoms with van der Waals surface area (Å²) in [6.45, 7) is 7.12. The molecule has 0 radical (unpaired) electrons. The first-order valence-electron chi connectivity index (χ1n) is 6.77. The molecule has 1 atom stereocenters. The molecule has 1 fully saturated rings. The normalized spacial score (nSPS) is 30.2. The molecule has 0 unspecified atom stereocenters. The van der Waals surface area contributed by atoms with E-state index in [4.69, 9.17) is 0 Å². The lowest BCUT2D eigenvalue weighted by molar-refractivity contribution is 0.196. The van der Waals surface area contributed by atoms with E-state index in [1.165, 1.54) is 51.4 Å². The van der Waals surface area contributed by atoms with E-state index < -0.39 is 0 Å². The van der Waals surface area contributed by atoms with E-state index in [2.05, 4.69) is 20.8 Å². The van der Waals surface area contributed by atoms with Crippen LogP contribution in [0.15, 0.2) is 0 Å². The summed E-state index contributed by atoms with van der Waals surface area (Å²) < 4.78 is 0. The Labute approximate surface area is 90.5 Å². The molecule has 0 heterocycles. The van der Waals surface area contributed by atoms with Crippen LogP contribution in [0.5, 0.6) is 0 Å². The second-order valence-corrected chi connectivity index (χ2v) is 5.33. The van der Waals surface area contributed by atoms with Gasteiger partial charge in [-0.05, 0) is 30.6 Å². The fourth-order valence-corrected chi connectivity index (χ4v) is 3.00. The summed E-state index contributed by atoms with van der Waals surface area (Å²) in [4.78, 5) is 0. The molecule has 0 nitrogen and oxygen atoms in total. The van der Waals surface area contributed by atoms with E-state index in [1.54, 1.807) is 0 Å². The molecule has 0 spiro atoms. The van der Waals surface area contributed by atoms with Crippen molar-refractivity contribution >= 4 is 0 Å². The molecule has 0 N–H and O–H groups in total. The van der Waals surface area contributed by atoms with Gasteiger partial charge >= 0.3 is 0 Å². The van der Waals surface area contributed by atoms with Gasteiger partial charge in [-0.3, -0.25) is 0 Å². The lowest BCUT2D eigenvalue weighted by atomic mass is 9.74. The molecule has 1 aliphatic carbocycles. The molecule has 0 aromatic carbocycles. The van der Waals surface area contributed by atoms with Gasteiger partial charge < -0.3 is 0 Å². The van der Waals surface area contributed by atoms with Crippen LogP contribution in [0, 0.1) is 17.8 Å². The van der Waals surface area contributed by atoms with Gasteiger partial charge in [0.1, 0.15) is 0 Å². The maximum absolute atomic E-state index is 2.42. The van der Waals surface area contributed by atoms with Gasteiger partial charge in [0.15, 0.2) is 0 Å². The van der Waals surface area contributed by atoms with Gasteiger partial charge in [0.05, 0.1) is 0 Å². The van der Waals surface area contributed by atoms with Crippen molar-refractivity contribution in [2.75, 3.05) is 0 Å². The Morgan fingerprint density at radius 3 is 2.21 bits per heavy atom. The van der Waals surface area contributed by atoms with Crippen molar-refractivity contribution in [1.82, 2.24) is 0 Å². The molecule has 14 heavy (non-hydrogen) atoms. The van der Waals surface area contributed by atoms with Gasteiger partial charge in [0, 0.05) is 0 Å². The molecule has 0 aromatic heterocycles. The average Bonchev–Trinajstić information content (AvgIpc) is 2.21. The molecule has 84 valence electrons. The fraction of sp³-hybridized carbons (Fsp3) is 1.00. The second-order valence-electron chi connectivity index (χ2n) is 5.33. The lowest BCUT2D eigenvalue weighted by Gasteiger charge is -2.32.